The minimum Gasteiger partial charge on any atom is -0.444 e. The first-order chi connectivity index (χ1) is 12.7. The van der Waals surface area contributed by atoms with E-state index >= 15 is 0 Å². The summed E-state index contributed by atoms with van der Waals surface area (Å²) in [7, 11) is -0.958. The molecule has 1 fully saturated rings. The van der Waals surface area contributed by atoms with Crippen LogP contribution < -0.4 is 5.32 Å². The van der Waals surface area contributed by atoms with Crippen LogP contribution in [0.15, 0.2) is 34.2 Å². The van der Waals surface area contributed by atoms with Gasteiger partial charge in [-0.3, -0.25) is 9.20 Å². The normalized spacial score (nSPS) is 20.0. The number of hydrogen-bond acceptors (Lipinski definition) is 6. The van der Waals surface area contributed by atoms with E-state index in [1.165, 1.54) is 0 Å². The second-order valence-corrected chi connectivity index (χ2v) is 9.27. The molecule has 7 nitrogen and oxygen atoms in total. The van der Waals surface area contributed by atoms with E-state index in [0.29, 0.717) is 26.2 Å². The van der Waals surface area contributed by atoms with Crippen LogP contribution in [0.1, 0.15) is 26.3 Å². The summed E-state index contributed by atoms with van der Waals surface area (Å²) in [6.07, 6.45) is 1.43. The Morgan fingerprint density at radius 2 is 1.96 bits per heavy atom. The quantitative estimate of drug-likeness (QED) is 0.620. The van der Waals surface area contributed by atoms with Crippen LogP contribution in [0.4, 0.5) is 4.79 Å². The van der Waals surface area contributed by atoms with Crippen LogP contribution in [-0.2, 0) is 22.1 Å². The predicted octanol–water partition coefficient (Wildman–Crippen LogP) is 2.42. The van der Waals surface area contributed by atoms with Crippen LogP contribution in [0.2, 0.25) is 0 Å². The number of aliphatic imine (C=N–C) groups is 1. The Morgan fingerprint density at radius 3 is 2.57 bits per heavy atom. The molecule has 3 rings (SSSR count). The lowest BCUT2D eigenvalue weighted by Crippen LogP contribution is -2.57. The molecule has 1 aromatic rings. The minimum absolute atomic E-state index is 0. The van der Waals surface area contributed by atoms with Crippen molar-refractivity contribution >= 4 is 46.8 Å². The van der Waals surface area contributed by atoms with Gasteiger partial charge >= 0.3 is 6.09 Å². The summed E-state index contributed by atoms with van der Waals surface area (Å²) in [5.41, 5.74) is 0.635. The van der Waals surface area contributed by atoms with Crippen LogP contribution in [0.3, 0.4) is 0 Å². The molecule has 2 atom stereocenters. The first-order valence-corrected chi connectivity index (χ1v) is 10.7. The van der Waals surface area contributed by atoms with Crippen molar-refractivity contribution in [3.05, 3.63) is 29.8 Å². The smallest absolute Gasteiger partial charge is 0.410 e. The van der Waals surface area contributed by atoms with E-state index in [0.717, 1.165) is 23.0 Å². The third kappa shape index (κ3) is 5.82. The number of nitrogens with zero attached hydrogens (tertiary/aromatic N) is 3. The number of hydrogen-bond donors (Lipinski definition) is 1. The maximum atomic E-state index is 12.3. The van der Waals surface area contributed by atoms with E-state index in [9.17, 15) is 9.00 Å². The first-order valence-electron chi connectivity index (χ1n) is 9.18. The second-order valence-electron chi connectivity index (χ2n) is 7.89. The largest absolute Gasteiger partial charge is 0.444 e. The van der Waals surface area contributed by atoms with E-state index in [1.54, 1.807) is 11.2 Å². The zero-order valence-electron chi connectivity index (χ0n) is 16.8. The molecule has 1 aromatic carbocycles. The van der Waals surface area contributed by atoms with Gasteiger partial charge in [0, 0.05) is 48.1 Å². The number of fused-ring (bicyclic) bond motifs is 1. The molecule has 0 radical (unpaired) electrons. The van der Waals surface area contributed by atoms with Crippen molar-refractivity contribution in [3.8, 4) is 0 Å². The van der Waals surface area contributed by atoms with Crippen molar-refractivity contribution in [2.75, 3.05) is 32.4 Å². The highest BCUT2D eigenvalue weighted by Crippen LogP contribution is 2.19. The van der Waals surface area contributed by atoms with Gasteiger partial charge in [0.2, 0.25) is 0 Å². The molecule has 0 spiro atoms. The molecule has 0 saturated carbocycles. The number of nitrogens with one attached hydrogen (secondary N) is 1. The highest BCUT2D eigenvalue weighted by Gasteiger charge is 2.36. The number of ether oxygens (including phenoxy) is 1. The number of benzene rings is 1. The monoisotopic (exact) mass is 520 g/mol. The number of carbonyl (C=O) groups is 1. The van der Waals surface area contributed by atoms with E-state index in [4.69, 9.17) is 4.74 Å². The lowest BCUT2D eigenvalue weighted by atomic mass is 10.2. The van der Waals surface area contributed by atoms with Crippen LogP contribution in [0.5, 0.6) is 0 Å². The van der Waals surface area contributed by atoms with E-state index in [-0.39, 0.29) is 36.1 Å². The van der Waals surface area contributed by atoms with Gasteiger partial charge in [0.25, 0.3) is 0 Å². The molecule has 0 aromatic heterocycles. The fourth-order valence-corrected chi connectivity index (χ4v) is 3.72. The van der Waals surface area contributed by atoms with E-state index in [2.05, 4.69) is 15.2 Å². The molecule has 1 saturated heterocycles. The SMILES string of the molecule is CS(=O)c1ccc(CNC2=NCC3CN(C(=O)OC(C)(C)C)CCN23)cc1.I. The molecule has 0 bridgehead atoms. The third-order valence-corrected chi connectivity index (χ3v) is 5.50. The summed E-state index contributed by atoms with van der Waals surface area (Å²) in [6.45, 7) is 8.97. The van der Waals surface area contributed by atoms with Gasteiger partial charge in [-0.15, -0.1) is 24.0 Å². The van der Waals surface area contributed by atoms with Crippen molar-refractivity contribution in [3.63, 3.8) is 0 Å². The van der Waals surface area contributed by atoms with Crippen molar-refractivity contribution in [1.29, 1.82) is 0 Å². The molecule has 0 aliphatic carbocycles. The second kappa shape index (κ2) is 9.43. The van der Waals surface area contributed by atoms with Crippen molar-refractivity contribution < 1.29 is 13.7 Å². The number of rotatable bonds is 3. The summed E-state index contributed by atoms with van der Waals surface area (Å²) < 4.78 is 16.9. The fourth-order valence-electron chi connectivity index (χ4n) is 3.20. The highest BCUT2D eigenvalue weighted by molar-refractivity contribution is 14.0. The third-order valence-electron chi connectivity index (χ3n) is 4.56. The molecule has 9 heteroatoms. The Balaban J connectivity index is 0.00000280. The Bertz CT molecular complexity index is 749. The van der Waals surface area contributed by atoms with E-state index in [1.807, 2.05) is 45.0 Å². The number of guanidine groups is 1. The number of halogens is 1. The molecule has 28 heavy (non-hydrogen) atoms. The molecule has 2 aliphatic heterocycles. The average molecular weight is 520 g/mol. The lowest BCUT2D eigenvalue weighted by molar-refractivity contribution is 0.0137. The Labute approximate surface area is 186 Å². The first kappa shape index (κ1) is 22.9. The van der Waals surface area contributed by atoms with Crippen molar-refractivity contribution in [2.24, 2.45) is 4.99 Å². The highest BCUT2D eigenvalue weighted by atomic mass is 127. The molecular formula is C19H29IN4O3S. The van der Waals surface area contributed by atoms with Gasteiger partial charge in [-0.05, 0) is 38.5 Å². The van der Waals surface area contributed by atoms with Gasteiger partial charge in [0.15, 0.2) is 5.96 Å². The van der Waals surface area contributed by atoms with Crippen molar-refractivity contribution in [2.45, 2.75) is 43.9 Å². The van der Waals surface area contributed by atoms with Gasteiger partial charge in [-0.25, -0.2) is 4.79 Å². The van der Waals surface area contributed by atoms with Crippen LogP contribution in [0.25, 0.3) is 0 Å². The zero-order valence-corrected chi connectivity index (χ0v) is 20.0. The fraction of sp³-hybridized carbons (Fsp3) is 0.579. The Hall–Kier alpha value is -1.36. The molecular weight excluding hydrogens is 491 g/mol. The Morgan fingerprint density at radius 1 is 1.29 bits per heavy atom. The summed E-state index contributed by atoms with van der Waals surface area (Å²) in [6, 6.07) is 7.95. The molecule has 156 valence electrons. The van der Waals surface area contributed by atoms with Crippen LogP contribution in [-0.4, -0.2) is 70.1 Å². The summed E-state index contributed by atoms with van der Waals surface area (Å²) in [4.78, 5) is 21.7. The molecule has 1 N–H and O–H groups in total. The summed E-state index contributed by atoms with van der Waals surface area (Å²) in [5, 5.41) is 3.39. The molecule has 2 heterocycles. The van der Waals surface area contributed by atoms with Crippen LogP contribution >= 0.6 is 24.0 Å². The number of amides is 1. The van der Waals surface area contributed by atoms with Crippen LogP contribution in [0, 0.1) is 0 Å². The van der Waals surface area contributed by atoms with Crippen molar-refractivity contribution in [1.82, 2.24) is 15.1 Å². The molecule has 2 unspecified atom stereocenters. The van der Waals surface area contributed by atoms with Gasteiger partial charge in [-0.2, -0.15) is 0 Å². The summed E-state index contributed by atoms with van der Waals surface area (Å²) >= 11 is 0. The standard InChI is InChI=1S/C19H28N4O3S.HI/c1-19(2,3)26-18(24)22-9-10-23-15(13-22)12-21-17(23)20-11-14-5-7-16(8-6-14)27(4)25;/h5-8,15H,9-13H2,1-4H3,(H,20,21);1H. The van der Waals surface area contributed by atoms with Gasteiger partial charge < -0.3 is 19.9 Å². The lowest BCUT2D eigenvalue weighted by Gasteiger charge is -2.39. The zero-order chi connectivity index (χ0) is 19.6. The number of carbonyl (C=O) groups excluding carboxylic acids is 1. The van der Waals surface area contributed by atoms with Gasteiger partial charge in [-0.1, -0.05) is 12.1 Å². The molecule has 1 amide bonds. The van der Waals surface area contributed by atoms with E-state index < -0.39 is 16.4 Å². The molecule has 2 aliphatic rings. The predicted molar refractivity (Wildman–Crippen MR) is 122 cm³/mol. The van der Waals surface area contributed by atoms with Gasteiger partial charge in [0.1, 0.15) is 5.60 Å². The Kier molecular flexibility index (Phi) is 7.72. The minimum atomic E-state index is -0.958. The number of piperazine rings is 1. The maximum Gasteiger partial charge on any atom is 0.410 e. The average Bonchev–Trinajstić information content (AvgIpc) is 3.01. The topological polar surface area (TPSA) is 74.2 Å². The summed E-state index contributed by atoms with van der Waals surface area (Å²) in [5.74, 6) is 0.881. The van der Waals surface area contributed by atoms with Gasteiger partial charge in [0.05, 0.1) is 12.6 Å². The maximum absolute atomic E-state index is 12.3.